The first kappa shape index (κ1) is 19.9. The molecule has 1 aromatic rings. The van der Waals surface area contributed by atoms with E-state index in [0.717, 1.165) is 31.4 Å². The zero-order chi connectivity index (χ0) is 18.9. The highest BCUT2D eigenvalue weighted by molar-refractivity contribution is 8.00. The molecule has 7 heteroatoms. The van der Waals surface area contributed by atoms with Gasteiger partial charge in [0.25, 0.3) is 0 Å². The summed E-state index contributed by atoms with van der Waals surface area (Å²) in [5.74, 6) is 0.0331. The minimum atomic E-state index is -3.30. The molecule has 0 aromatic heterocycles. The number of rotatable bonds is 6. The second kappa shape index (κ2) is 8.03. The van der Waals surface area contributed by atoms with Gasteiger partial charge in [0.1, 0.15) is 5.78 Å². The highest BCUT2D eigenvalue weighted by Crippen LogP contribution is 2.38. The van der Waals surface area contributed by atoms with E-state index in [9.17, 15) is 18.0 Å². The third-order valence-corrected chi connectivity index (χ3v) is 8.85. The highest BCUT2D eigenvalue weighted by atomic mass is 35.5. The van der Waals surface area contributed by atoms with E-state index in [1.165, 1.54) is 12.1 Å². The third kappa shape index (κ3) is 3.73. The Hall–Kier alpha value is -0.850. The van der Waals surface area contributed by atoms with Crippen LogP contribution in [-0.2, 0) is 21.1 Å². The van der Waals surface area contributed by atoms with Crippen LogP contribution in [0.1, 0.15) is 54.9 Å². The van der Waals surface area contributed by atoms with Crippen molar-refractivity contribution in [2.75, 3.05) is 11.5 Å². The minimum Gasteiger partial charge on any atom is -0.299 e. The van der Waals surface area contributed by atoms with Gasteiger partial charge in [-0.2, -0.15) is 11.8 Å². The fourth-order valence-corrected chi connectivity index (χ4v) is 7.23. The van der Waals surface area contributed by atoms with Gasteiger partial charge in [-0.1, -0.05) is 24.9 Å². The number of halogens is 1. The van der Waals surface area contributed by atoms with Crippen molar-refractivity contribution < 1.29 is 18.0 Å². The Morgan fingerprint density at radius 2 is 2.08 bits per heavy atom. The summed E-state index contributed by atoms with van der Waals surface area (Å²) in [6.07, 6.45) is 4.57. The molecule has 1 aliphatic carbocycles. The van der Waals surface area contributed by atoms with Gasteiger partial charge in [0.2, 0.25) is 0 Å². The van der Waals surface area contributed by atoms with E-state index >= 15 is 0 Å². The first-order valence-electron chi connectivity index (χ1n) is 9.09. The highest BCUT2D eigenvalue weighted by Gasteiger charge is 2.39. The maximum absolute atomic E-state index is 13.2. The van der Waals surface area contributed by atoms with Crippen molar-refractivity contribution in [1.29, 1.82) is 0 Å². The van der Waals surface area contributed by atoms with Gasteiger partial charge in [-0.15, -0.1) is 0 Å². The van der Waals surface area contributed by atoms with Crippen molar-refractivity contribution in [3.63, 3.8) is 0 Å². The van der Waals surface area contributed by atoms with E-state index in [4.69, 9.17) is 11.6 Å². The van der Waals surface area contributed by atoms with Gasteiger partial charge in [-0.3, -0.25) is 9.59 Å². The molecule has 0 amide bonds. The normalized spacial score (nSPS) is 24.5. The van der Waals surface area contributed by atoms with Gasteiger partial charge in [-0.05, 0) is 49.1 Å². The lowest BCUT2D eigenvalue weighted by atomic mass is 9.82. The Kier molecular flexibility index (Phi) is 6.14. The lowest BCUT2D eigenvalue weighted by Crippen LogP contribution is -2.37. The van der Waals surface area contributed by atoms with Gasteiger partial charge < -0.3 is 0 Å². The Morgan fingerprint density at radius 3 is 2.81 bits per heavy atom. The van der Waals surface area contributed by atoms with Crippen LogP contribution in [0, 0.1) is 5.92 Å². The fraction of sp³-hybridized carbons (Fsp3) is 0.579. The molecule has 1 saturated carbocycles. The van der Waals surface area contributed by atoms with E-state index in [1.807, 2.05) is 0 Å². The maximum Gasteiger partial charge on any atom is 0.179 e. The number of Topliss-reactive ketones (excluding diaryl/α,β-unsaturated/α-hetero) is 2. The molecule has 142 valence electrons. The average molecular weight is 415 g/mol. The van der Waals surface area contributed by atoms with Crippen LogP contribution in [-0.4, -0.2) is 36.7 Å². The van der Waals surface area contributed by atoms with Crippen molar-refractivity contribution in [1.82, 2.24) is 0 Å². The summed E-state index contributed by atoms with van der Waals surface area (Å²) in [4.78, 5) is 25.9. The molecule has 0 spiro atoms. The monoisotopic (exact) mass is 414 g/mol. The summed E-state index contributed by atoms with van der Waals surface area (Å²) in [5.41, 5.74) is 0.819. The first-order valence-corrected chi connectivity index (χ1v) is 12.2. The molecule has 1 heterocycles. The first-order chi connectivity index (χ1) is 12.4. The summed E-state index contributed by atoms with van der Waals surface area (Å²) < 4.78 is 24.1. The van der Waals surface area contributed by atoms with Crippen LogP contribution >= 0.6 is 23.4 Å². The second-order valence-electron chi connectivity index (χ2n) is 6.94. The molecule has 0 N–H and O–H groups in total. The SMILES string of the molecule is CCCCSC1CCCC(=O)C1C(=O)c1ccc2c(c1Cl)CCS2(=O)=O. The number of benzene rings is 1. The Morgan fingerprint density at radius 1 is 1.31 bits per heavy atom. The quantitative estimate of drug-likeness (QED) is 0.397. The van der Waals surface area contributed by atoms with Gasteiger partial charge in [-0.25, -0.2) is 8.42 Å². The van der Waals surface area contributed by atoms with Crippen LogP contribution in [0.25, 0.3) is 0 Å². The van der Waals surface area contributed by atoms with Crippen molar-refractivity contribution >= 4 is 44.8 Å². The van der Waals surface area contributed by atoms with E-state index in [2.05, 4.69) is 6.92 Å². The van der Waals surface area contributed by atoms with E-state index in [0.29, 0.717) is 24.0 Å². The van der Waals surface area contributed by atoms with Gasteiger partial charge in [0, 0.05) is 17.2 Å². The molecule has 26 heavy (non-hydrogen) atoms. The van der Waals surface area contributed by atoms with Gasteiger partial charge in [0.15, 0.2) is 15.6 Å². The number of carbonyl (C=O) groups is 2. The number of thioether (sulfide) groups is 1. The van der Waals surface area contributed by atoms with Crippen LogP contribution in [0.4, 0.5) is 0 Å². The zero-order valence-corrected chi connectivity index (χ0v) is 17.2. The van der Waals surface area contributed by atoms with Gasteiger partial charge >= 0.3 is 0 Å². The van der Waals surface area contributed by atoms with Crippen molar-refractivity contribution in [3.8, 4) is 0 Å². The summed E-state index contributed by atoms with van der Waals surface area (Å²) >= 11 is 8.12. The number of fused-ring (bicyclic) bond motifs is 1. The molecule has 4 nitrogen and oxygen atoms in total. The molecular formula is C19H23ClO4S2. The molecule has 2 aliphatic rings. The topological polar surface area (TPSA) is 68.3 Å². The Bertz CT molecular complexity index is 832. The second-order valence-corrected chi connectivity index (χ2v) is 10.7. The molecule has 2 unspecified atom stereocenters. The fourth-order valence-electron chi connectivity index (χ4n) is 3.71. The Labute approximate surface area is 164 Å². The van der Waals surface area contributed by atoms with Gasteiger partial charge in [0.05, 0.1) is 21.6 Å². The summed E-state index contributed by atoms with van der Waals surface area (Å²) in [6, 6.07) is 2.96. The van der Waals surface area contributed by atoms with Crippen LogP contribution in [0.2, 0.25) is 5.02 Å². The Balaban J connectivity index is 1.91. The van der Waals surface area contributed by atoms with Crippen LogP contribution in [0.5, 0.6) is 0 Å². The summed E-state index contributed by atoms with van der Waals surface area (Å²) in [6.45, 7) is 2.12. The van der Waals surface area contributed by atoms with Crippen molar-refractivity contribution in [2.24, 2.45) is 5.92 Å². The number of carbonyl (C=O) groups excluding carboxylic acids is 2. The number of hydrogen-bond acceptors (Lipinski definition) is 5. The van der Waals surface area contributed by atoms with Crippen molar-refractivity contribution in [3.05, 3.63) is 28.3 Å². The lowest BCUT2D eigenvalue weighted by molar-refractivity contribution is -0.122. The number of unbranched alkanes of at least 4 members (excludes halogenated alkanes) is 1. The van der Waals surface area contributed by atoms with E-state index < -0.39 is 15.8 Å². The molecule has 0 saturated heterocycles. The predicted molar refractivity (Wildman–Crippen MR) is 105 cm³/mol. The minimum absolute atomic E-state index is 0.0108. The molecule has 3 rings (SSSR count). The summed E-state index contributed by atoms with van der Waals surface area (Å²) in [5, 5.41) is 0.201. The number of ketones is 2. The molecule has 1 fully saturated rings. The average Bonchev–Trinajstić information content (AvgIpc) is 2.91. The third-order valence-electron chi connectivity index (χ3n) is 5.16. The van der Waals surface area contributed by atoms with E-state index in [-0.39, 0.29) is 32.5 Å². The molecule has 1 aliphatic heterocycles. The molecular weight excluding hydrogens is 392 g/mol. The smallest absolute Gasteiger partial charge is 0.179 e. The van der Waals surface area contributed by atoms with Crippen molar-refractivity contribution in [2.45, 2.75) is 55.6 Å². The predicted octanol–water partition coefficient (Wildman–Crippen LogP) is 4.12. The lowest BCUT2D eigenvalue weighted by Gasteiger charge is -2.29. The molecule has 0 bridgehead atoms. The van der Waals surface area contributed by atoms with Crippen LogP contribution in [0.3, 0.4) is 0 Å². The zero-order valence-electron chi connectivity index (χ0n) is 14.8. The standard InChI is InChI=1S/C19H23ClO4S2/c1-2-3-10-25-15-6-4-5-14(21)17(15)19(22)13-7-8-16-12(18(13)20)9-11-26(16,23)24/h7-8,15,17H,2-6,9-11H2,1H3. The summed E-state index contributed by atoms with van der Waals surface area (Å²) in [7, 11) is -3.30. The molecule has 0 radical (unpaired) electrons. The maximum atomic E-state index is 13.2. The van der Waals surface area contributed by atoms with Crippen LogP contribution in [0.15, 0.2) is 17.0 Å². The van der Waals surface area contributed by atoms with Crippen LogP contribution < -0.4 is 0 Å². The molecule has 1 aromatic carbocycles. The number of sulfone groups is 1. The van der Waals surface area contributed by atoms with E-state index in [1.54, 1.807) is 11.8 Å². The largest absolute Gasteiger partial charge is 0.299 e. The number of hydrogen-bond donors (Lipinski definition) is 0. The molecule has 2 atom stereocenters.